The zero-order valence-corrected chi connectivity index (χ0v) is 21.6. The number of hydrogen-bond donors (Lipinski definition) is 4. The highest BCUT2D eigenvalue weighted by atomic mass is 35.5. The highest BCUT2D eigenvalue weighted by molar-refractivity contribution is 6.30. The molecule has 4 N–H and O–H groups in total. The van der Waals surface area contributed by atoms with Crippen molar-refractivity contribution in [2.75, 3.05) is 33.9 Å². The normalized spacial score (nSPS) is 13.1. The van der Waals surface area contributed by atoms with Gasteiger partial charge in [0, 0.05) is 47.3 Å². The summed E-state index contributed by atoms with van der Waals surface area (Å²) in [5, 5.41) is 30.0. The monoisotopic (exact) mass is 558 g/mol. The maximum Gasteiger partial charge on any atom is 0.323 e. The number of rotatable bonds is 8. The van der Waals surface area contributed by atoms with Crippen LogP contribution in [-0.4, -0.2) is 50.2 Å². The molecule has 1 saturated heterocycles. The summed E-state index contributed by atoms with van der Waals surface area (Å²) in [7, 11) is 0. The molecule has 4 aromatic rings. The second-order valence-electron chi connectivity index (χ2n) is 8.85. The first-order chi connectivity index (χ1) is 19.3. The van der Waals surface area contributed by atoms with Crippen LogP contribution in [0.3, 0.4) is 0 Å². The number of aliphatic hydroxyl groups is 1. The summed E-state index contributed by atoms with van der Waals surface area (Å²) in [5.74, 6) is 0.988. The van der Waals surface area contributed by atoms with Gasteiger partial charge in [-0.2, -0.15) is 15.0 Å². The highest BCUT2D eigenvalue weighted by Gasteiger charge is 2.27. The van der Waals surface area contributed by atoms with Crippen LogP contribution in [0.25, 0.3) is 12.2 Å². The van der Waals surface area contributed by atoms with Crippen LogP contribution in [0.2, 0.25) is 5.02 Å². The average Bonchev–Trinajstić information content (AvgIpc) is 2.92. The second kappa shape index (κ2) is 11.8. The number of aliphatic hydroxyl groups excluding tert-OH is 1. The summed E-state index contributed by atoms with van der Waals surface area (Å²) in [5.41, 5.74) is 2.45. The number of anilines is 5. The number of nitrogens with one attached hydrogen (secondary N) is 3. The van der Waals surface area contributed by atoms with Gasteiger partial charge < -0.3 is 26.0 Å². The Bertz CT molecular complexity index is 1560. The van der Waals surface area contributed by atoms with Crippen LogP contribution in [0, 0.1) is 10.1 Å². The molecule has 0 aliphatic carbocycles. The zero-order chi connectivity index (χ0) is 28.1. The highest BCUT2D eigenvalue weighted by Crippen LogP contribution is 2.23. The number of amides is 2. The Kier molecular flexibility index (Phi) is 7.80. The van der Waals surface area contributed by atoms with Gasteiger partial charge in [-0.1, -0.05) is 29.8 Å². The predicted octanol–water partition coefficient (Wildman–Crippen LogP) is 5.17. The van der Waals surface area contributed by atoms with Gasteiger partial charge in [0.25, 0.3) is 5.69 Å². The van der Waals surface area contributed by atoms with Crippen molar-refractivity contribution in [1.82, 2.24) is 15.0 Å². The molecule has 0 bridgehead atoms. The van der Waals surface area contributed by atoms with Gasteiger partial charge in [0.1, 0.15) is 0 Å². The number of aromatic nitrogens is 3. The Balaban J connectivity index is 1.29. The van der Waals surface area contributed by atoms with E-state index in [4.69, 9.17) is 11.6 Å². The molecule has 2 amide bonds. The van der Waals surface area contributed by atoms with Crippen LogP contribution in [-0.2, 0) is 0 Å². The van der Waals surface area contributed by atoms with E-state index in [9.17, 15) is 20.0 Å². The largest absolute Gasteiger partial charge is 0.389 e. The third-order valence-corrected chi connectivity index (χ3v) is 6.04. The third-order valence-electron chi connectivity index (χ3n) is 5.79. The van der Waals surface area contributed by atoms with Crippen molar-refractivity contribution in [3.63, 3.8) is 0 Å². The van der Waals surface area contributed by atoms with Gasteiger partial charge in [-0.3, -0.25) is 10.1 Å². The fraction of sp³-hybridized carbons (Fsp3) is 0.111. The van der Waals surface area contributed by atoms with Crippen LogP contribution in [0.15, 0.2) is 72.8 Å². The summed E-state index contributed by atoms with van der Waals surface area (Å²) in [6.45, 7) is 0.797. The lowest BCUT2D eigenvalue weighted by Crippen LogP contribution is -2.51. The Morgan fingerprint density at radius 3 is 2.25 bits per heavy atom. The van der Waals surface area contributed by atoms with Gasteiger partial charge in [0.05, 0.1) is 11.0 Å². The SMILES string of the molecule is O=C(Nc1ccc(Cl)cc1)Nc1ccc(Nc2nc(C=Cc3cccc([N+](=O)[O-])c3)nc(N3CC(O)C3)n2)cc1. The maximum absolute atomic E-state index is 12.3. The van der Waals surface area contributed by atoms with Gasteiger partial charge in [0.2, 0.25) is 11.9 Å². The number of carbonyl (C=O) groups is 1. The summed E-state index contributed by atoms with van der Waals surface area (Å²) < 4.78 is 0. The van der Waals surface area contributed by atoms with E-state index < -0.39 is 17.1 Å². The van der Waals surface area contributed by atoms with E-state index in [1.165, 1.54) is 12.1 Å². The molecule has 40 heavy (non-hydrogen) atoms. The summed E-state index contributed by atoms with van der Waals surface area (Å²) >= 11 is 5.87. The first kappa shape index (κ1) is 26.5. The molecule has 0 radical (unpaired) electrons. The lowest BCUT2D eigenvalue weighted by Gasteiger charge is -2.35. The lowest BCUT2D eigenvalue weighted by molar-refractivity contribution is -0.384. The third kappa shape index (κ3) is 6.87. The van der Waals surface area contributed by atoms with E-state index >= 15 is 0 Å². The quantitative estimate of drug-likeness (QED) is 0.169. The van der Waals surface area contributed by atoms with Crippen molar-refractivity contribution in [3.05, 3.63) is 99.3 Å². The molecular weight excluding hydrogens is 536 g/mol. The van der Waals surface area contributed by atoms with Crippen molar-refractivity contribution in [1.29, 1.82) is 0 Å². The minimum atomic E-state index is -0.456. The molecule has 1 aliphatic rings. The van der Waals surface area contributed by atoms with Gasteiger partial charge in [-0.25, -0.2) is 4.79 Å². The number of urea groups is 1. The molecule has 0 atom stereocenters. The second-order valence-corrected chi connectivity index (χ2v) is 9.29. The predicted molar refractivity (Wildman–Crippen MR) is 154 cm³/mol. The summed E-state index contributed by atoms with van der Waals surface area (Å²) in [6.07, 6.45) is 2.86. The minimum absolute atomic E-state index is 0.0178. The average molecular weight is 559 g/mol. The smallest absolute Gasteiger partial charge is 0.323 e. The molecule has 3 aromatic carbocycles. The Labute approximate surface area is 233 Å². The minimum Gasteiger partial charge on any atom is -0.389 e. The van der Waals surface area contributed by atoms with E-state index in [-0.39, 0.29) is 11.6 Å². The number of nitro benzene ring substituents is 1. The van der Waals surface area contributed by atoms with Crippen LogP contribution >= 0.6 is 11.6 Å². The van der Waals surface area contributed by atoms with Gasteiger partial charge >= 0.3 is 6.03 Å². The van der Waals surface area contributed by atoms with E-state index in [0.717, 1.165) is 0 Å². The fourth-order valence-corrected chi connectivity index (χ4v) is 3.90. The number of β-amino-alcohol motifs (C(OH)–C–C–N with tert-alkyl or cyclic N) is 1. The fourth-order valence-electron chi connectivity index (χ4n) is 3.78. The number of nitro groups is 1. The van der Waals surface area contributed by atoms with Gasteiger partial charge in [-0.05, 0) is 60.2 Å². The molecule has 12 nitrogen and oxygen atoms in total. The number of non-ortho nitro benzene ring substituents is 1. The molecular formula is C27H23ClN8O4. The van der Waals surface area contributed by atoms with Crippen molar-refractivity contribution in [2.24, 2.45) is 0 Å². The van der Waals surface area contributed by atoms with Crippen LogP contribution in [0.5, 0.6) is 0 Å². The molecule has 0 spiro atoms. The van der Waals surface area contributed by atoms with Crippen molar-refractivity contribution >= 4 is 64.4 Å². The van der Waals surface area contributed by atoms with Gasteiger partial charge in [0.15, 0.2) is 5.82 Å². The van der Waals surface area contributed by atoms with Crippen molar-refractivity contribution in [3.8, 4) is 0 Å². The summed E-state index contributed by atoms with van der Waals surface area (Å²) in [6, 6.07) is 19.5. The molecule has 1 fully saturated rings. The van der Waals surface area contributed by atoms with Crippen molar-refractivity contribution < 1.29 is 14.8 Å². The molecule has 13 heteroatoms. The molecule has 0 saturated carbocycles. The van der Waals surface area contributed by atoms with E-state index in [2.05, 4.69) is 30.9 Å². The number of nitrogens with zero attached hydrogens (tertiary/aromatic N) is 5. The molecule has 0 unspecified atom stereocenters. The number of hydrogen-bond acceptors (Lipinski definition) is 9. The van der Waals surface area contributed by atoms with E-state index in [1.54, 1.807) is 72.8 Å². The molecule has 1 aliphatic heterocycles. The Morgan fingerprint density at radius 2 is 1.60 bits per heavy atom. The molecule has 1 aromatic heterocycles. The number of carbonyl (C=O) groups excluding carboxylic acids is 1. The standard InChI is InChI=1S/C27H23ClN8O4/c28-18-5-7-20(8-6-18)30-27(38)31-21-11-9-19(10-12-21)29-25-32-24(33-26(34-25)35-15-23(37)16-35)13-4-17-2-1-3-22(14-17)36(39)40/h1-14,23,37H,15-16H2,(H2,30,31,38)(H,29,32,33,34). The first-order valence-corrected chi connectivity index (χ1v) is 12.5. The Morgan fingerprint density at radius 1 is 0.950 bits per heavy atom. The van der Waals surface area contributed by atoms with Crippen LogP contribution in [0.4, 0.5) is 39.4 Å². The first-order valence-electron chi connectivity index (χ1n) is 12.1. The Hall–Kier alpha value is -5.07. The van der Waals surface area contributed by atoms with Gasteiger partial charge in [-0.15, -0.1) is 0 Å². The van der Waals surface area contributed by atoms with Crippen LogP contribution < -0.4 is 20.9 Å². The topological polar surface area (TPSA) is 158 Å². The molecule has 2 heterocycles. The molecule has 202 valence electrons. The maximum atomic E-state index is 12.3. The van der Waals surface area contributed by atoms with Crippen LogP contribution in [0.1, 0.15) is 11.4 Å². The number of halogens is 1. The molecule has 5 rings (SSSR count). The van der Waals surface area contributed by atoms with Crippen molar-refractivity contribution in [2.45, 2.75) is 6.10 Å². The lowest BCUT2D eigenvalue weighted by atomic mass is 10.2. The zero-order valence-electron chi connectivity index (χ0n) is 20.9. The van der Waals surface area contributed by atoms with E-state index in [1.807, 2.05) is 4.90 Å². The van der Waals surface area contributed by atoms with E-state index in [0.29, 0.717) is 52.5 Å². The number of benzene rings is 3. The summed E-state index contributed by atoms with van der Waals surface area (Å²) in [4.78, 5) is 38.1.